The van der Waals surface area contributed by atoms with E-state index in [1.807, 2.05) is 36.4 Å². The van der Waals surface area contributed by atoms with Crippen molar-refractivity contribution in [1.82, 2.24) is 0 Å². The van der Waals surface area contributed by atoms with Crippen molar-refractivity contribution in [3.05, 3.63) is 59.7 Å². The average Bonchev–Trinajstić information content (AvgIpc) is 2.93. The Balaban J connectivity index is 1.80. The Bertz CT molecular complexity index is 768. The first-order chi connectivity index (χ1) is 10.7. The number of benzene rings is 1. The summed E-state index contributed by atoms with van der Waals surface area (Å²) in [6.07, 6.45) is 7.64. The number of allylic oxidation sites excluding steroid dienone is 2. The van der Waals surface area contributed by atoms with Gasteiger partial charge in [-0.05, 0) is 23.3 Å². The predicted octanol–water partition coefficient (Wildman–Crippen LogP) is 1.83. The van der Waals surface area contributed by atoms with Gasteiger partial charge in [0.25, 0.3) is 0 Å². The molecule has 4 heteroatoms. The molecule has 1 saturated carbocycles. The van der Waals surface area contributed by atoms with Crippen LogP contribution in [0.15, 0.2) is 48.6 Å². The standard InChI is InChI=1S/C18H12O4/c19-15-11-12-14-10-6-2-1-5-9(10)13(11)17(21-15)7-3-4-8-18(14,17)22-16(12)20/h1-8,11-14H/t11-,12+,13+,14-,17?,18?. The highest BCUT2D eigenvalue weighted by Gasteiger charge is 2.83. The first kappa shape index (κ1) is 11.2. The van der Waals surface area contributed by atoms with Crippen LogP contribution in [-0.2, 0) is 19.1 Å². The van der Waals surface area contributed by atoms with Crippen LogP contribution < -0.4 is 0 Å². The van der Waals surface area contributed by atoms with Crippen LogP contribution in [-0.4, -0.2) is 23.1 Å². The zero-order valence-electron chi connectivity index (χ0n) is 11.6. The first-order valence-corrected chi connectivity index (χ1v) is 7.61. The van der Waals surface area contributed by atoms with Gasteiger partial charge < -0.3 is 9.47 Å². The summed E-state index contributed by atoms with van der Waals surface area (Å²) in [7, 11) is 0. The summed E-state index contributed by atoms with van der Waals surface area (Å²) in [6.45, 7) is 0. The van der Waals surface area contributed by atoms with Crippen molar-refractivity contribution < 1.29 is 19.1 Å². The largest absolute Gasteiger partial charge is 0.449 e. The number of rotatable bonds is 0. The van der Waals surface area contributed by atoms with Gasteiger partial charge in [-0.1, -0.05) is 36.4 Å². The SMILES string of the molecule is O=C1OC23C=CC=CC24OC(=O)[C@H]2[C@@H]1[C@@H]3c1ccccc1[C@H]24. The molecule has 22 heavy (non-hydrogen) atoms. The molecule has 2 heterocycles. The summed E-state index contributed by atoms with van der Waals surface area (Å²) in [6, 6.07) is 8.09. The molecule has 4 nitrogen and oxygen atoms in total. The second-order valence-corrected chi connectivity index (χ2v) is 6.78. The van der Waals surface area contributed by atoms with E-state index in [1.165, 1.54) is 0 Å². The monoisotopic (exact) mass is 292 g/mol. The van der Waals surface area contributed by atoms with Gasteiger partial charge in [-0.3, -0.25) is 9.59 Å². The predicted molar refractivity (Wildman–Crippen MR) is 74.8 cm³/mol. The van der Waals surface area contributed by atoms with Gasteiger partial charge in [0.15, 0.2) is 11.2 Å². The van der Waals surface area contributed by atoms with Crippen molar-refractivity contribution >= 4 is 11.9 Å². The van der Waals surface area contributed by atoms with Gasteiger partial charge in [0.2, 0.25) is 0 Å². The second-order valence-electron chi connectivity index (χ2n) is 6.78. The molecule has 0 radical (unpaired) electrons. The summed E-state index contributed by atoms with van der Waals surface area (Å²) in [5.41, 5.74) is 0.526. The lowest BCUT2D eigenvalue weighted by atomic mass is 9.46. The maximum absolute atomic E-state index is 12.5. The molecule has 3 fully saturated rings. The Hall–Kier alpha value is -2.36. The topological polar surface area (TPSA) is 52.6 Å². The molecular formula is C18H12O4. The zero-order chi connectivity index (χ0) is 14.7. The molecule has 2 unspecified atom stereocenters. The summed E-state index contributed by atoms with van der Waals surface area (Å²) in [5.74, 6) is -1.63. The van der Waals surface area contributed by atoms with Crippen molar-refractivity contribution in [2.45, 2.75) is 23.0 Å². The van der Waals surface area contributed by atoms with Crippen molar-refractivity contribution in [3.63, 3.8) is 0 Å². The fraction of sp³-hybridized carbons (Fsp3) is 0.333. The lowest BCUT2D eigenvalue weighted by Crippen LogP contribution is -2.64. The van der Waals surface area contributed by atoms with Gasteiger partial charge in [0, 0.05) is 11.8 Å². The molecular weight excluding hydrogens is 280 g/mol. The fourth-order valence-electron chi connectivity index (χ4n) is 5.61. The molecule has 0 N–H and O–H groups in total. The fourth-order valence-corrected chi connectivity index (χ4v) is 5.61. The van der Waals surface area contributed by atoms with E-state index in [2.05, 4.69) is 12.1 Å². The van der Waals surface area contributed by atoms with Crippen LogP contribution in [0.5, 0.6) is 0 Å². The Morgan fingerprint density at radius 2 is 1.23 bits per heavy atom. The third-order valence-corrected chi connectivity index (χ3v) is 6.19. The number of carbonyl (C=O) groups excluding carboxylic acids is 2. The molecule has 7 rings (SSSR count). The van der Waals surface area contributed by atoms with Crippen molar-refractivity contribution in [2.75, 3.05) is 0 Å². The van der Waals surface area contributed by atoms with Gasteiger partial charge in [-0.15, -0.1) is 0 Å². The number of hydrogen-bond donors (Lipinski definition) is 0. The molecule has 1 aromatic carbocycles. The minimum Gasteiger partial charge on any atom is -0.449 e. The summed E-state index contributed by atoms with van der Waals surface area (Å²) in [4.78, 5) is 25.1. The molecule has 2 saturated heterocycles. The number of hydrogen-bond acceptors (Lipinski definition) is 4. The molecule has 6 bridgehead atoms. The van der Waals surface area contributed by atoms with Crippen LogP contribution in [0.2, 0.25) is 0 Å². The van der Waals surface area contributed by atoms with E-state index >= 15 is 0 Å². The Kier molecular flexibility index (Phi) is 1.56. The van der Waals surface area contributed by atoms with Crippen LogP contribution in [0.4, 0.5) is 0 Å². The molecule has 4 aliphatic carbocycles. The molecule has 6 aliphatic rings. The lowest BCUT2D eigenvalue weighted by Gasteiger charge is -2.55. The van der Waals surface area contributed by atoms with Gasteiger partial charge in [-0.25, -0.2) is 0 Å². The molecule has 0 aromatic heterocycles. The Labute approximate surface area is 126 Å². The third kappa shape index (κ3) is 0.832. The van der Waals surface area contributed by atoms with E-state index in [1.54, 1.807) is 0 Å². The van der Waals surface area contributed by atoms with E-state index in [-0.39, 0.29) is 23.8 Å². The van der Waals surface area contributed by atoms with E-state index in [0.717, 1.165) is 11.1 Å². The van der Waals surface area contributed by atoms with Crippen LogP contribution in [0, 0.1) is 11.8 Å². The third-order valence-electron chi connectivity index (χ3n) is 6.19. The van der Waals surface area contributed by atoms with Gasteiger partial charge in [0.05, 0.1) is 11.8 Å². The number of esters is 2. The van der Waals surface area contributed by atoms with Crippen molar-refractivity contribution in [1.29, 1.82) is 0 Å². The minimum absolute atomic E-state index is 0.140. The lowest BCUT2D eigenvalue weighted by molar-refractivity contribution is -0.177. The average molecular weight is 292 g/mol. The Morgan fingerprint density at radius 1 is 0.773 bits per heavy atom. The van der Waals surface area contributed by atoms with Crippen LogP contribution in [0.3, 0.4) is 0 Å². The molecule has 6 atom stereocenters. The summed E-state index contributed by atoms with van der Waals surface area (Å²) >= 11 is 0. The van der Waals surface area contributed by atoms with E-state index in [4.69, 9.17) is 9.47 Å². The minimum atomic E-state index is -0.870. The van der Waals surface area contributed by atoms with E-state index in [9.17, 15) is 9.59 Å². The molecule has 0 amide bonds. The van der Waals surface area contributed by atoms with Crippen LogP contribution in [0.25, 0.3) is 0 Å². The molecule has 108 valence electrons. The van der Waals surface area contributed by atoms with E-state index < -0.39 is 23.0 Å². The molecule has 2 aliphatic heterocycles. The maximum atomic E-state index is 12.5. The van der Waals surface area contributed by atoms with Gasteiger partial charge in [0.1, 0.15) is 0 Å². The summed E-state index contributed by atoms with van der Waals surface area (Å²) in [5, 5.41) is 0. The highest BCUT2D eigenvalue weighted by atomic mass is 16.6. The maximum Gasteiger partial charge on any atom is 0.311 e. The Morgan fingerprint density at radius 3 is 1.68 bits per heavy atom. The van der Waals surface area contributed by atoms with Crippen molar-refractivity contribution in [2.24, 2.45) is 11.8 Å². The normalized spacial score (nSPS) is 48.0. The highest BCUT2D eigenvalue weighted by Crippen LogP contribution is 2.74. The number of carbonyl (C=O) groups is 2. The van der Waals surface area contributed by atoms with Gasteiger partial charge >= 0.3 is 11.9 Å². The van der Waals surface area contributed by atoms with Gasteiger partial charge in [-0.2, -0.15) is 0 Å². The quantitative estimate of drug-likeness (QED) is 0.685. The molecule has 2 spiro atoms. The highest BCUT2D eigenvalue weighted by molar-refractivity contribution is 5.93. The van der Waals surface area contributed by atoms with Crippen molar-refractivity contribution in [3.8, 4) is 0 Å². The number of ether oxygens (including phenoxy) is 2. The zero-order valence-corrected chi connectivity index (χ0v) is 11.6. The van der Waals surface area contributed by atoms with Crippen LogP contribution in [0.1, 0.15) is 23.0 Å². The first-order valence-electron chi connectivity index (χ1n) is 7.61. The van der Waals surface area contributed by atoms with E-state index in [0.29, 0.717) is 0 Å². The molecule has 1 aromatic rings. The summed E-state index contributed by atoms with van der Waals surface area (Å²) < 4.78 is 11.8. The van der Waals surface area contributed by atoms with Crippen LogP contribution >= 0.6 is 0 Å². The second kappa shape index (κ2) is 3.05. The smallest absolute Gasteiger partial charge is 0.311 e.